The van der Waals surface area contributed by atoms with E-state index in [0.29, 0.717) is 10.5 Å². The van der Waals surface area contributed by atoms with Crippen LogP contribution in [0.3, 0.4) is 0 Å². The summed E-state index contributed by atoms with van der Waals surface area (Å²) in [5.74, 6) is -3.07. The van der Waals surface area contributed by atoms with Crippen LogP contribution in [0.4, 0.5) is 11.4 Å². The number of aliphatic carboxylic acids is 1. The van der Waals surface area contributed by atoms with E-state index in [2.05, 4.69) is 30.6 Å². The van der Waals surface area contributed by atoms with E-state index in [1.807, 2.05) is 0 Å². The fourth-order valence-electron chi connectivity index (χ4n) is 3.34. The number of fused-ring (bicyclic) bond motifs is 1. The zero-order valence-electron chi connectivity index (χ0n) is 21.0. The van der Waals surface area contributed by atoms with Crippen molar-refractivity contribution >= 4 is 79.2 Å². The van der Waals surface area contributed by atoms with Gasteiger partial charge in [-0.3, -0.25) is 9.59 Å². The van der Waals surface area contributed by atoms with Gasteiger partial charge in [-0.2, -0.15) is 15.3 Å². The van der Waals surface area contributed by atoms with Gasteiger partial charge in [0, 0.05) is 5.56 Å². The van der Waals surface area contributed by atoms with Crippen molar-refractivity contribution in [3.05, 3.63) is 52.3 Å². The first-order valence-corrected chi connectivity index (χ1v) is 12.5. The first-order chi connectivity index (χ1) is 17.8. The third kappa shape index (κ3) is 7.82. The fourth-order valence-corrected chi connectivity index (χ4v) is 4.26. The summed E-state index contributed by atoms with van der Waals surface area (Å²) in [5.41, 5.74) is 0.334. The molecule has 0 saturated carbocycles. The monoisotopic (exact) mass is 623 g/mol. The number of halogens is 2. The van der Waals surface area contributed by atoms with Gasteiger partial charge < -0.3 is 19.8 Å². The van der Waals surface area contributed by atoms with Crippen LogP contribution in [0.5, 0.6) is 0 Å². The molecule has 0 fully saturated rings. The Bertz CT molecular complexity index is 1690. The Morgan fingerprint density at radius 3 is 2.35 bits per heavy atom. The number of amides is 2. The van der Waals surface area contributed by atoms with Gasteiger partial charge in [0.2, 0.25) is 0 Å². The summed E-state index contributed by atoms with van der Waals surface area (Å²) in [4.78, 5) is 43.1. The Labute approximate surface area is 280 Å². The van der Waals surface area contributed by atoms with E-state index >= 15 is 0 Å². The molecule has 19 heteroatoms. The second kappa shape index (κ2) is 13.7. The minimum atomic E-state index is -5.10. The van der Waals surface area contributed by atoms with E-state index < -0.39 is 45.4 Å². The quantitative estimate of drug-likeness (QED) is 0.152. The summed E-state index contributed by atoms with van der Waals surface area (Å²) in [5, 5.41) is 25.0. The zero-order valence-corrected chi connectivity index (χ0v) is 27.3. The van der Waals surface area contributed by atoms with Crippen molar-refractivity contribution in [2.45, 2.75) is 17.9 Å². The summed E-state index contributed by atoms with van der Waals surface area (Å²) in [6.45, 7) is 0.643. The number of hydrogen-bond donors (Lipinski definition) is 1. The summed E-state index contributed by atoms with van der Waals surface area (Å²) >= 11 is 11.7. The second-order valence-corrected chi connectivity index (χ2v) is 9.79. The summed E-state index contributed by atoms with van der Waals surface area (Å²) in [6, 6.07) is 6.16. The maximum atomic E-state index is 12.8. The number of hydrazone groups is 1. The molecule has 14 nitrogen and oxygen atoms in total. The van der Waals surface area contributed by atoms with Gasteiger partial charge in [-0.1, -0.05) is 23.2 Å². The molecule has 0 saturated heterocycles. The molecule has 1 atom stereocenters. The molecule has 2 heterocycles. The van der Waals surface area contributed by atoms with Gasteiger partial charge in [-0.05, 0) is 43.3 Å². The molecule has 1 N–H and O–H groups in total. The Morgan fingerprint density at radius 2 is 1.73 bits per heavy atom. The number of hydrogen-bond acceptors (Lipinski definition) is 12. The van der Waals surface area contributed by atoms with Crippen LogP contribution in [0.1, 0.15) is 17.3 Å². The third-order valence-corrected chi connectivity index (χ3v) is 6.56. The van der Waals surface area contributed by atoms with Crippen molar-refractivity contribution in [1.29, 1.82) is 0 Å². The normalized spacial score (nSPS) is 15.0. The van der Waals surface area contributed by atoms with E-state index in [9.17, 15) is 32.5 Å². The van der Waals surface area contributed by atoms with E-state index in [-0.39, 0.29) is 97.6 Å². The molecule has 3 aromatic rings. The molecule has 0 spiro atoms. The number of benzene rings is 2. The van der Waals surface area contributed by atoms with Crippen molar-refractivity contribution in [1.82, 2.24) is 15.0 Å². The van der Waals surface area contributed by atoms with Gasteiger partial charge in [0.15, 0.2) is 16.3 Å². The molecular formula is C21H13Cl2N7Na2O7S. The van der Waals surface area contributed by atoms with Crippen LogP contribution < -0.4 is 69.5 Å². The topological polar surface area (TPSA) is 210 Å². The Morgan fingerprint density at radius 1 is 1.07 bits per heavy atom. The molecule has 1 unspecified atom stereocenters. The third-order valence-electron chi connectivity index (χ3n) is 5.06. The predicted molar refractivity (Wildman–Crippen MR) is 130 cm³/mol. The van der Waals surface area contributed by atoms with Crippen molar-refractivity contribution in [3.63, 3.8) is 0 Å². The summed E-state index contributed by atoms with van der Waals surface area (Å²) in [6.07, 6.45) is 0. The summed E-state index contributed by atoms with van der Waals surface area (Å²) < 4.78 is 35.7. The molecule has 4 rings (SSSR count). The van der Waals surface area contributed by atoms with Crippen LogP contribution in [-0.2, 0) is 19.7 Å². The van der Waals surface area contributed by atoms with E-state index in [1.54, 1.807) is 0 Å². The average Bonchev–Trinajstić information content (AvgIpc) is 3.09. The SMILES string of the molecule is CC1=NN(CC(=O)[O-])C(=O)C1N=Nc1ccc(NC(=O)c2ccc3nc(Cl)c(Cl)nc3c2)c(S(=O)(=O)[O-])c1.[Na+].[Na+]. The van der Waals surface area contributed by atoms with Crippen LogP contribution in [0.2, 0.25) is 10.3 Å². The van der Waals surface area contributed by atoms with E-state index in [4.69, 9.17) is 23.2 Å². The van der Waals surface area contributed by atoms with Crippen LogP contribution >= 0.6 is 23.2 Å². The fraction of sp³-hybridized carbons (Fsp3) is 0.143. The van der Waals surface area contributed by atoms with Crippen LogP contribution in [-0.4, -0.2) is 64.0 Å². The van der Waals surface area contributed by atoms with Crippen LogP contribution in [0.15, 0.2) is 56.6 Å². The number of aromatic nitrogens is 2. The largest absolute Gasteiger partial charge is 1.00 e. The molecule has 196 valence electrons. The number of anilines is 1. The number of rotatable bonds is 7. The molecule has 0 bridgehead atoms. The zero-order chi connectivity index (χ0) is 27.8. The molecule has 2 amide bonds. The number of nitrogens with one attached hydrogen (secondary N) is 1. The van der Waals surface area contributed by atoms with Crippen molar-refractivity contribution in [2.24, 2.45) is 15.3 Å². The molecule has 1 aliphatic heterocycles. The molecule has 1 aliphatic rings. The molecule has 1 aromatic heterocycles. The Hall–Kier alpha value is -2.05. The Kier molecular flexibility index (Phi) is 11.7. The number of azo groups is 1. The number of carboxylic acid groups (broad SMARTS) is 1. The van der Waals surface area contributed by atoms with Crippen molar-refractivity contribution in [2.75, 3.05) is 11.9 Å². The Balaban J connectivity index is 0.00000280. The molecule has 2 aromatic carbocycles. The maximum absolute atomic E-state index is 12.8. The first-order valence-electron chi connectivity index (χ1n) is 10.3. The van der Waals surface area contributed by atoms with Gasteiger partial charge in [0.25, 0.3) is 11.8 Å². The average molecular weight is 624 g/mol. The molecule has 0 radical (unpaired) electrons. The predicted octanol–water partition coefficient (Wildman–Crippen LogP) is -4.48. The summed E-state index contributed by atoms with van der Waals surface area (Å²) in [7, 11) is -5.10. The van der Waals surface area contributed by atoms with Gasteiger partial charge in [0.05, 0.1) is 45.5 Å². The van der Waals surface area contributed by atoms with E-state index in [0.717, 1.165) is 12.1 Å². The van der Waals surface area contributed by atoms with Gasteiger partial charge in [0.1, 0.15) is 10.1 Å². The minimum absolute atomic E-state index is 0. The smallest absolute Gasteiger partial charge is 0.744 e. The number of carbonyl (C=O) groups is 3. The van der Waals surface area contributed by atoms with Gasteiger partial charge in [-0.25, -0.2) is 23.4 Å². The number of carbonyl (C=O) groups excluding carboxylic acids is 3. The van der Waals surface area contributed by atoms with Gasteiger partial charge >= 0.3 is 59.1 Å². The molecule has 40 heavy (non-hydrogen) atoms. The minimum Gasteiger partial charge on any atom is -0.744 e. The second-order valence-electron chi connectivity index (χ2n) is 7.72. The molecule has 0 aliphatic carbocycles. The van der Waals surface area contributed by atoms with Crippen molar-refractivity contribution < 1.29 is 91.6 Å². The standard InChI is InChI=1S/C21H15Cl2N7O7S.2Na/c1-9-17(21(34)30(29-9)8-16(31)32)28-27-11-3-5-13(15(7-11)38(35,36)37)26-20(33)10-2-4-12-14(6-10)25-19(23)18(22)24-12;;/h2-7,17H,8H2,1H3,(H,26,33)(H,31,32)(H,35,36,37);;/q;2*+1/p-2. The molecular weight excluding hydrogens is 611 g/mol. The number of nitrogens with zero attached hydrogens (tertiary/aromatic N) is 6. The number of carboxylic acids is 1. The van der Waals surface area contributed by atoms with Crippen LogP contribution in [0, 0.1) is 0 Å². The van der Waals surface area contributed by atoms with Gasteiger partial charge in [-0.15, -0.1) is 0 Å². The first kappa shape index (κ1) is 34.2. The van der Waals surface area contributed by atoms with Crippen LogP contribution in [0.25, 0.3) is 11.0 Å². The maximum Gasteiger partial charge on any atom is 1.00 e. The van der Waals surface area contributed by atoms with E-state index in [1.165, 1.54) is 31.2 Å². The van der Waals surface area contributed by atoms with Crippen molar-refractivity contribution in [3.8, 4) is 0 Å².